The Balaban J connectivity index is 2.92. The van der Waals surface area contributed by atoms with Crippen molar-refractivity contribution in [2.24, 2.45) is 0 Å². The first kappa shape index (κ1) is 38.6. The van der Waals surface area contributed by atoms with Crippen molar-refractivity contribution in [1.29, 1.82) is 0 Å². The van der Waals surface area contributed by atoms with E-state index in [1.165, 1.54) is 12.1 Å². The number of amides is 2. The molecule has 0 unspecified atom stereocenters. The Morgan fingerprint density at radius 1 is 0.814 bits per heavy atom. The van der Waals surface area contributed by atoms with Crippen LogP contribution in [0.4, 0.5) is 4.79 Å². The molecule has 43 heavy (non-hydrogen) atoms. The molecular formula is C31H56N2O8Si2. The molecule has 0 aliphatic carbocycles. The molecule has 0 fully saturated rings. The second kappa shape index (κ2) is 15.0. The van der Waals surface area contributed by atoms with Crippen molar-refractivity contribution in [1.82, 2.24) is 10.2 Å². The van der Waals surface area contributed by atoms with E-state index in [1.807, 2.05) is 0 Å². The molecular weight excluding hydrogens is 585 g/mol. The van der Waals surface area contributed by atoms with Gasteiger partial charge >= 0.3 is 12.1 Å². The quantitative estimate of drug-likeness (QED) is 0.218. The average molecular weight is 641 g/mol. The molecule has 2 amide bonds. The number of nitrogens with one attached hydrogen (secondary N) is 1. The Morgan fingerprint density at radius 3 is 1.63 bits per heavy atom. The molecule has 0 aromatic heterocycles. The maximum atomic E-state index is 13.3. The molecule has 1 aromatic rings. The van der Waals surface area contributed by atoms with Crippen LogP contribution in [-0.2, 0) is 23.2 Å². The van der Waals surface area contributed by atoms with Gasteiger partial charge < -0.3 is 33.6 Å². The highest BCUT2D eigenvalue weighted by molar-refractivity contribution is 6.74. The largest absolute Gasteiger partial charge is 0.484 e. The summed E-state index contributed by atoms with van der Waals surface area (Å²) in [6.07, 6.45) is -0.832. The van der Waals surface area contributed by atoms with Crippen molar-refractivity contribution in [3.8, 4) is 5.75 Å². The van der Waals surface area contributed by atoms with Crippen LogP contribution in [0.1, 0.15) is 73.9 Å². The zero-order valence-corrected chi connectivity index (χ0v) is 30.7. The van der Waals surface area contributed by atoms with Crippen LogP contribution in [0.3, 0.4) is 0 Å². The Labute approximate surface area is 261 Å². The van der Waals surface area contributed by atoms with Crippen LogP contribution in [0.2, 0.25) is 36.3 Å². The van der Waals surface area contributed by atoms with Gasteiger partial charge in [0, 0.05) is 13.1 Å². The topological polar surface area (TPSA) is 124 Å². The minimum absolute atomic E-state index is 0.0601. The molecule has 2 N–H and O–H groups in total. The molecule has 1 atom stereocenters. The molecule has 0 bridgehead atoms. The summed E-state index contributed by atoms with van der Waals surface area (Å²) in [6.45, 7) is 28.4. The first-order valence-electron chi connectivity index (χ1n) is 14.9. The van der Waals surface area contributed by atoms with Gasteiger partial charge in [-0.2, -0.15) is 0 Å². The fraction of sp³-hybridized carbons (Fsp3) is 0.710. The number of hydrogen-bond acceptors (Lipinski definition) is 7. The fourth-order valence-corrected chi connectivity index (χ4v) is 5.39. The maximum Gasteiger partial charge on any atom is 0.408 e. The molecule has 0 aliphatic rings. The standard InChI is InChI=1S/C31H56N2O8Si2/c1-29(2,3)41-28(37)32-26(27(35)36)23-14-16-24(17-15-23)38-22-25(34)33(18-20-39-42(10,11)30(4,5)6)19-21-40-43(12,13)31(7,8)9/h14-17,26H,18-22H2,1-13H3,(H,32,37)(H,35,36)/t26-/m1/s1. The monoisotopic (exact) mass is 640 g/mol. The summed E-state index contributed by atoms with van der Waals surface area (Å²) in [4.78, 5) is 39.0. The summed E-state index contributed by atoms with van der Waals surface area (Å²) in [5.41, 5.74) is -0.428. The lowest BCUT2D eigenvalue weighted by Gasteiger charge is -2.38. The summed E-state index contributed by atoms with van der Waals surface area (Å²) in [7, 11) is -3.96. The number of hydrogen-bond donors (Lipinski definition) is 2. The SMILES string of the molecule is CC(C)(C)OC(=O)N[C@@H](C(=O)O)c1ccc(OCC(=O)N(CCO[Si](C)(C)C(C)(C)C)CCO[Si](C)(C)C(C)(C)C)cc1. The molecule has 0 radical (unpaired) electrons. The Kier molecular flexibility index (Phi) is 13.5. The van der Waals surface area contributed by atoms with Crippen molar-refractivity contribution in [2.45, 2.75) is 110 Å². The smallest absolute Gasteiger partial charge is 0.408 e. The predicted molar refractivity (Wildman–Crippen MR) is 175 cm³/mol. The van der Waals surface area contributed by atoms with Crippen LogP contribution < -0.4 is 10.1 Å². The summed E-state index contributed by atoms with van der Waals surface area (Å²) in [5, 5.41) is 12.1. The lowest BCUT2D eigenvalue weighted by molar-refractivity contribution is -0.139. The zero-order chi connectivity index (χ0) is 33.4. The second-order valence-electron chi connectivity index (χ2n) is 14.9. The van der Waals surface area contributed by atoms with Gasteiger partial charge in [-0.05, 0) is 74.7 Å². The number of aliphatic carboxylic acids is 1. The van der Waals surface area contributed by atoms with E-state index in [1.54, 1.807) is 37.8 Å². The highest BCUT2D eigenvalue weighted by Gasteiger charge is 2.38. The van der Waals surface area contributed by atoms with Gasteiger partial charge in [-0.1, -0.05) is 53.7 Å². The van der Waals surface area contributed by atoms with Crippen molar-refractivity contribution < 1.29 is 37.8 Å². The van der Waals surface area contributed by atoms with Gasteiger partial charge in [0.2, 0.25) is 0 Å². The van der Waals surface area contributed by atoms with Crippen molar-refractivity contribution >= 4 is 34.6 Å². The molecule has 246 valence electrons. The van der Waals surface area contributed by atoms with Crippen LogP contribution in [0.5, 0.6) is 5.75 Å². The third kappa shape index (κ3) is 13.0. The van der Waals surface area contributed by atoms with Gasteiger partial charge in [-0.25, -0.2) is 9.59 Å². The molecule has 0 heterocycles. The number of alkyl carbamates (subject to hydrolysis) is 1. The lowest BCUT2D eigenvalue weighted by Crippen LogP contribution is -2.46. The van der Waals surface area contributed by atoms with Crippen LogP contribution in [0.25, 0.3) is 0 Å². The predicted octanol–water partition coefficient (Wildman–Crippen LogP) is 6.59. The number of carboxylic acid groups (broad SMARTS) is 1. The van der Waals surface area contributed by atoms with Crippen molar-refractivity contribution in [3.63, 3.8) is 0 Å². The third-order valence-electron chi connectivity index (χ3n) is 8.10. The number of carboxylic acids is 1. The zero-order valence-electron chi connectivity index (χ0n) is 28.7. The molecule has 1 aromatic carbocycles. The van der Waals surface area contributed by atoms with Crippen LogP contribution in [-0.4, -0.2) is 83.1 Å². The van der Waals surface area contributed by atoms with Gasteiger partial charge in [0.25, 0.3) is 5.91 Å². The average Bonchev–Trinajstić information content (AvgIpc) is 2.82. The number of carbonyl (C=O) groups excluding carboxylic acids is 2. The van der Waals surface area contributed by atoms with E-state index in [0.29, 0.717) is 37.6 Å². The Bertz CT molecular complexity index is 1040. The number of ether oxygens (including phenoxy) is 2. The van der Waals surface area contributed by atoms with Crippen molar-refractivity contribution in [2.75, 3.05) is 32.9 Å². The molecule has 0 saturated heterocycles. The van der Waals surface area contributed by atoms with Crippen LogP contribution in [0, 0.1) is 0 Å². The summed E-state index contributed by atoms with van der Waals surface area (Å²) in [5.74, 6) is -1.03. The van der Waals surface area contributed by atoms with E-state index in [2.05, 4.69) is 73.0 Å². The number of rotatable bonds is 14. The third-order valence-corrected chi connectivity index (χ3v) is 17.2. The minimum Gasteiger partial charge on any atom is -0.484 e. The first-order chi connectivity index (χ1) is 19.4. The second-order valence-corrected chi connectivity index (χ2v) is 24.5. The molecule has 12 heteroatoms. The van der Waals surface area contributed by atoms with E-state index >= 15 is 0 Å². The first-order valence-corrected chi connectivity index (χ1v) is 20.7. The highest BCUT2D eigenvalue weighted by atomic mass is 28.4. The molecule has 10 nitrogen and oxygen atoms in total. The Hall–Kier alpha value is -2.42. The fourth-order valence-electron chi connectivity index (χ4n) is 3.32. The maximum absolute atomic E-state index is 13.3. The van der Waals surface area contributed by atoms with E-state index in [9.17, 15) is 19.5 Å². The lowest BCUT2D eigenvalue weighted by atomic mass is 10.1. The molecule has 0 aliphatic heterocycles. The summed E-state index contributed by atoms with van der Waals surface area (Å²) in [6, 6.07) is 4.91. The van der Waals surface area contributed by atoms with Crippen LogP contribution in [0.15, 0.2) is 24.3 Å². The number of carbonyl (C=O) groups is 3. The van der Waals surface area contributed by atoms with E-state index < -0.39 is 40.3 Å². The van der Waals surface area contributed by atoms with Gasteiger partial charge in [-0.15, -0.1) is 0 Å². The highest BCUT2D eigenvalue weighted by Crippen LogP contribution is 2.37. The normalized spacial score (nSPS) is 13.7. The van der Waals surface area contributed by atoms with Gasteiger partial charge in [-0.3, -0.25) is 4.79 Å². The van der Waals surface area contributed by atoms with Crippen molar-refractivity contribution in [3.05, 3.63) is 29.8 Å². The molecule has 0 spiro atoms. The van der Waals surface area contributed by atoms with E-state index in [-0.39, 0.29) is 22.6 Å². The number of benzene rings is 1. The van der Waals surface area contributed by atoms with E-state index in [0.717, 1.165) is 0 Å². The van der Waals surface area contributed by atoms with Gasteiger partial charge in [0.1, 0.15) is 11.4 Å². The minimum atomic E-state index is -1.98. The number of nitrogens with zero attached hydrogens (tertiary/aromatic N) is 1. The Morgan fingerprint density at radius 2 is 1.26 bits per heavy atom. The van der Waals surface area contributed by atoms with Crippen LogP contribution >= 0.6 is 0 Å². The molecule has 1 rings (SSSR count). The van der Waals surface area contributed by atoms with Gasteiger partial charge in [0.15, 0.2) is 29.3 Å². The summed E-state index contributed by atoms with van der Waals surface area (Å²) >= 11 is 0. The van der Waals surface area contributed by atoms with E-state index in [4.69, 9.17) is 18.3 Å². The van der Waals surface area contributed by atoms with Gasteiger partial charge in [0.05, 0.1) is 13.2 Å². The molecule has 0 saturated carbocycles. The summed E-state index contributed by atoms with van der Waals surface area (Å²) < 4.78 is 23.6.